The molecule has 0 spiro atoms. The Kier molecular flexibility index (Phi) is 3.39. The molecule has 0 radical (unpaired) electrons. The van der Waals surface area contributed by atoms with E-state index >= 15 is 0 Å². The van der Waals surface area contributed by atoms with Gasteiger partial charge in [0.05, 0.1) is 6.20 Å². The molecule has 0 amide bonds. The summed E-state index contributed by atoms with van der Waals surface area (Å²) in [5, 5.41) is 17.6. The van der Waals surface area contributed by atoms with E-state index in [-0.39, 0.29) is 16.2 Å². The van der Waals surface area contributed by atoms with Crippen LogP contribution in [0.15, 0.2) is 10.4 Å². The molecule has 0 aliphatic heterocycles. The highest BCUT2D eigenvalue weighted by Crippen LogP contribution is 2.48. The van der Waals surface area contributed by atoms with Crippen LogP contribution in [0.2, 0.25) is 0 Å². The molecule has 1 fully saturated rings. The van der Waals surface area contributed by atoms with Crippen LogP contribution in [0.4, 0.5) is 5.13 Å². The molecule has 0 aromatic carbocycles. The van der Waals surface area contributed by atoms with Crippen LogP contribution < -0.4 is 10.5 Å². The lowest BCUT2D eigenvalue weighted by Gasteiger charge is -2.13. The number of primary sulfonamides is 1. The van der Waals surface area contributed by atoms with Crippen LogP contribution in [-0.2, 0) is 10.0 Å². The first-order valence-corrected chi connectivity index (χ1v) is 7.65. The lowest BCUT2D eigenvalue weighted by Crippen LogP contribution is -2.16. The number of sulfonamides is 1. The largest absolute Gasteiger partial charge is 0.396 e. The van der Waals surface area contributed by atoms with Gasteiger partial charge in [-0.2, -0.15) is 0 Å². The lowest BCUT2D eigenvalue weighted by molar-refractivity contribution is 0.253. The number of hydrogen-bond donors (Lipinski definition) is 3. The van der Waals surface area contributed by atoms with Gasteiger partial charge in [0.2, 0.25) is 10.0 Å². The van der Waals surface area contributed by atoms with Crippen LogP contribution in [-0.4, -0.2) is 31.7 Å². The quantitative estimate of drug-likeness (QED) is 0.696. The van der Waals surface area contributed by atoms with Gasteiger partial charge in [0, 0.05) is 13.2 Å². The van der Waals surface area contributed by atoms with Crippen molar-refractivity contribution in [3.05, 3.63) is 6.20 Å². The number of aliphatic hydroxyl groups is 1. The van der Waals surface area contributed by atoms with Crippen LogP contribution in [0.3, 0.4) is 0 Å². The number of aromatic nitrogens is 1. The highest BCUT2D eigenvalue weighted by Gasteiger charge is 2.41. The molecule has 1 aliphatic rings. The number of nitrogens with zero attached hydrogens (tertiary/aromatic N) is 1. The summed E-state index contributed by atoms with van der Waals surface area (Å²) >= 11 is 1.03. The molecular weight excluding hydrogens is 262 g/mol. The van der Waals surface area contributed by atoms with Crippen molar-refractivity contribution in [2.45, 2.75) is 23.5 Å². The van der Waals surface area contributed by atoms with E-state index in [0.29, 0.717) is 11.7 Å². The first kappa shape index (κ1) is 12.7. The number of anilines is 1. The third-order valence-electron chi connectivity index (χ3n) is 2.98. The number of aliphatic hydroxyl groups excluding tert-OH is 1. The summed E-state index contributed by atoms with van der Waals surface area (Å²) in [6.45, 7) is 0.896. The molecule has 0 unspecified atom stereocenters. The second-order valence-electron chi connectivity index (χ2n) is 4.36. The van der Waals surface area contributed by atoms with Crippen molar-refractivity contribution in [2.24, 2.45) is 10.6 Å². The Morgan fingerprint density at radius 1 is 1.59 bits per heavy atom. The number of thiazole rings is 1. The van der Waals surface area contributed by atoms with Crippen LogP contribution in [0.1, 0.15) is 19.3 Å². The number of hydrogen-bond acceptors (Lipinski definition) is 6. The van der Waals surface area contributed by atoms with Gasteiger partial charge >= 0.3 is 0 Å². The Balaban J connectivity index is 1.94. The Hall–Kier alpha value is -0.700. The van der Waals surface area contributed by atoms with Crippen molar-refractivity contribution < 1.29 is 13.5 Å². The summed E-state index contributed by atoms with van der Waals surface area (Å²) in [5.41, 5.74) is 0.169. The normalized spacial score (nSPS) is 18.0. The summed E-state index contributed by atoms with van der Waals surface area (Å²) in [6, 6.07) is 0. The SMILES string of the molecule is NS(=O)(=O)c1cnc(NCC2(CCO)CC2)s1. The van der Waals surface area contributed by atoms with Gasteiger partial charge in [0.1, 0.15) is 0 Å². The van der Waals surface area contributed by atoms with Crippen molar-refractivity contribution in [2.75, 3.05) is 18.5 Å². The number of rotatable bonds is 6. The second-order valence-corrected chi connectivity index (χ2v) is 7.18. The average molecular weight is 277 g/mol. The first-order chi connectivity index (χ1) is 7.95. The van der Waals surface area contributed by atoms with Crippen molar-refractivity contribution in [1.29, 1.82) is 0 Å². The van der Waals surface area contributed by atoms with Crippen LogP contribution in [0, 0.1) is 5.41 Å². The lowest BCUT2D eigenvalue weighted by atomic mass is 10.0. The Morgan fingerprint density at radius 3 is 2.76 bits per heavy atom. The van der Waals surface area contributed by atoms with E-state index in [1.165, 1.54) is 6.20 Å². The molecule has 17 heavy (non-hydrogen) atoms. The summed E-state index contributed by atoms with van der Waals surface area (Å²) in [6.07, 6.45) is 4.21. The molecular formula is C9H15N3O3S2. The van der Waals surface area contributed by atoms with E-state index in [1.807, 2.05) is 0 Å². The summed E-state index contributed by atoms with van der Waals surface area (Å²) < 4.78 is 22.2. The minimum Gasteiger partial charge on any atom is -0.396 e. The van der Waals surface area contributed by atoms with Gasteiger partial charge in [0.25, 0.3) is 0 Å². The summed E-state index contributed by atoms with van der Waals surface area (Å²) in [5.74, 6) is 0. The molecule has 4 N–H and O–H groups in total. The van der Waals surface area contributed by atoms with Crippen molar-refractivity contribution in [3.8, 4) is 0 Å². The topological polar surface area (TPSA) is 105 Å². The zero-order chi connectivity index (χ0) is 12.5. The number of nitrogens with two attached hydrogens (primary N) is 1. The molecule has 1 aliphatic carbocycles. The van der Waals surface area contributed by atoms with Gasteiger partial charge in [-0.15, -0.1) is 0 Å². The van der Waals surface area contributed by atoms with E-state index in [0.717, 1.165) is 30.6 Å². The maximum atomic E-state index is 11.0. The van der Waals surface area contributed by atoms with Gasteiger partial charge in [0.15, 0.2) is 9.34 Å². The van der Waals surface area contributed by atoms with Gasteiger partial charge in [-0.05, 0) is 24.7 Å². The van der Waals surface area contributed by atoms with E-state index < -0.39 is 10.0 Å². The molecule has 0 atom stereocenters. The van der Waals surface area contributed by atoms with E-state index in [9.17, 15) is 8.42 Å². The fourth-order valence-electron chi connectivity index (χ4n) is 1.66. The zero-order valence-electron chi connectivity index (χ0n) is 9.22. The van der Waals surface area contributed by atoms with Crippen LogP contribution in [0.25, 0.3) is 0 Å². The molecule has 96 valence electrons. The van der Waals surface area contributed by atoms with Gasteiger partial charge < -0.3 is 10.4 Å². The van der Waals surface area contributed by atoms with E-state index in [4.69, 9.17) is 10.2 Å². The van der Waals surface area contributed by atoms with Crippen molar-refractivity contribution in [1.82, 2.24) is 4.98 Å². The molecule has 6 nitrogen and oxygen atoms in total. The second kappa shape index (κ2) is 4.52. The standard InChI is InChI=1S/C9H15N3O3S2/c10-17(14,15)7-5-11-8(16-7)12-6-9(1-2-9)3-4-13/h5,13H,1-4,6H2,(H,11,12)(H2,10,14,15). The third-order valence-corrected chi connectivity index (χ3v) is 5.34. The maximum Gasteiger partial charge on any atom is 0.249 e. The molecule has 1 saturated carbocycles. The Bertz CT molecular complexity index is 493. The molecule has 0 bridgehead atoms. The fourth-order valence-corrected chi connectivity index (χ4v) is 3.11. The van der Waals surface area contributed by atoms with Crippen LogP contribution in [0.5, 0.6) is 0 Å². The Morgan fingerprint density at radius 2 is 2.29 bits per heavy atom. The molecule has 1 aromatic rings. The van der Waals surface area contributed by atoms with Crippen molar-refractivity contribution in [3.63, 3.8) is 0 Å². The van der Waals surface area contributed by atoms with E-state index in [2.05, 4.69) is 10.3 Å². The first-order valence-electron chi connectivity index (χ1n) is 5.29. The highest BCUT2D eigenvalue weighted by atomic mass is 32.2. The molecule has 8 heteroatoms. The summed E-state index contributed by atoms with van der Waals surface area (Å²) in [7, 11) is -3.65. The van der Waals surface area contributed by atoms with Crippen LogP contribution >= 0.6 is 11.3 Å². The maximum absolute atomic E-state index is 11.0. The molecule has 0 saturated heterocycles. The number of nitrogens with one attached hydrogen (secondary N) is 1. The average Bonchev–Trinajstić information content (AvgIpc) is 2.82. The smallest absolute Gasteiger partial charge is 0.249 e. The highest BCUT2D eigenvalue weighted by molar-refractivity contribution is 7.91. The minimum absolute atomic E-state index is 0.0620. The molecule has 2 rings (SSSR count). The fraction of sp³-hybridized carbons (Fsp3) is 0.667. The molecule has 1 heterocycles. The molecule has 1 aromatic heterocycles. The predicted octanol–water partition coefficient (Wildman–Crippen LogP) is 0.365. The third kappa shape index (κ3) is 3.15. The summed E-state index contributed by atoms with van der Waals surface area (Å²) in [4.78, 5) is 3.96. The predicted molar refractivity (Wildman–Crippen MR) is 65.3 cm³/mol. The monoisotopic (exact) mass is 277 g/mol. The minimum atomic E-state index is -3.65. The van der Waals surface area contributed by atoms with Gasteiger partial charge in [-0.1, -0.05) is 11.3 Å². The Labute approximate surface area is 104 Å². The van der Waals surface area contributed by atoms with Crippen molar-refractivity contribution >= 4 is 26.5 Å². The zero-order valence-corrected chi connectivity index (χ0v) is 10.9. The van der Waals surface area contributed by atoms with E-state index in [1.54, 1.807) is 0 Å². The van der Waals surface area contributed by atoms with Gasteiger partial charge in [-0.25, -0.2) is 18.5 Å². The van der Waals surface area contributed by atoms with Gasteiger partial charge in [-0.3, -0.25) is 0 Å².